The van der Waals surface area contributed by atoms with Gasteiger partial charge in [0.15, 0.2) is 5.76 Å². The molecule has 21 heavy (non-hydrogen) atoms. The van der Waals surface area contributed by atoms with E-state index in [1.165, 1.54) is 0 Å². The predicted octanol–water partition coefficient (Wildman–Crippen LogP) is 2.51. The molecule has 1 aromatic heterocycles. The van der Waals surface area contributed by atoms with Crippen LogP contribution in [0.25, 0.3) is 11.0 Å². The van der Waals surface area contributed by atoms with Crippen LogP contribution in [0.3, 0.4) is 0 Å². The van der Waals surface area contributed by atoms with Crippen LogP contribution < -0.4 is 11.3 Å². The Labute approximate surface area is 125 Å². The van der Waals surface area contributed by atoms with E-state index in [1.54, 1.807) is 0 Å². The normalized spacial score (nSPS) is 11.5. The molecule has 0 saturated heterocycles. The van der Waals surface area contributed by atoms with Crippen LogP contribution in [-0.4, -0.2) is 24.4 Å². The van der Waals surface area contributed by atoms with E-state index in [-0.39, 0.29) is 0 Å². The van der Waals surface area contributed by atoms with Crippen molar-refractivity contribution in [2.75, 3.05) is 13.6 Å². The Kier molecular flexibility index (Phi) is 4.98. The SMILES string of the molecule is CC(C)CCN(C)Cc1c(C(=O)NN)oc2ccccc12. The van der Waals surface area contributed by atoms with E-state index >= 15 is 0 Å². The molecule has 1 amide bonds. The van der Waals surface area contributed by atoms with Crippen LogP contribution in [0.5, 0.6) is 0 Å². The fourth-order valence-corrected chi connectivity index (χ4v) is 2.33. The average Bonchev–Trinajstić information content (AvgIpc) is 2.83. The molecule has 0 aliphatic carbocycles. The van der Waals surface area contributed by atoms with E-state index in [0.29, 0.717) is 23.8 Å². The van der Waals surface area contributed by atoms with Crippen LogP contribution in [0.4, 0.5) is 0 Å². The van der Waals surface area contributed by atoms with Gasteiger partial charge in [-0.15, -0.1) is 0 Å². The minimum atomic E-state index is -0.390. The molecule has 1 aromatic carbocycles. The van der Waals surface area contributed by atoms with Gasteiger partial charge in [-0.2, -0.15) is 0 Å². The van der Waals surface area contributed by atoms with E-state index in [2.05, 4.69) is 24.2 Å². The molecule has 5 heteroatoms. The lowest BCUT2D eigenvalue weighted by Gasteiger charge is -2.17. The number of hydrogen-bond donors (Lipinski definition) is 2. The van der Waals surface area contributed by atoms with Crippen molar-refractivity contribution in [1.82, 2.24) is 10.3 Å². The molecule has 1 heterocycles. The van der Waals surface area contributed by atoms with Crippen LogP contribution >= 0.6 is 0 Å². The quantitative estimate of drug-likeness (QED) is 0.487. The first-order valence-corrected chi connectivity index (χ1v) is 7.22. The van der Waals surface area contributed by atoms with Gasteiger partial charge in [0.2, 0.25) is 0 Å². The Balaban J connectivity index is 2.29. The summed E-state index contributed by atoms with van der Waals surface area (Å²) in [5, 5.41) is 0.965. The molecule has 0 aliphatic rings. The molecule has 0 saturated carbocycles. The summed E-state index contributed by atoms with van der Waals surface area (Å²) in [6.45, 7) is 6.04. The molecule has 2 aromatic rings. The highest BCUT2D eigenvalue weighted by Crippen LogP contribution is 2.27. The number of carbonyl (C=O) groups excluding carboxylic acids is 1. The largest absolute Gasteiger partial charge is 0.451 e. The standard InChI is InChI=1S/C16H23N3O2/c1-11(2)8-9-19(3)10-13-12-6-4-5-7-14(12)21-15(13)16(20)18-17/h4-7,11H,8-10,17H2,1-3H3,(H,18,20). The lowest BCUT2D eigenvalue weighted by atomic mass is 10.1. The van der Waals surface area contributed by atoms with Gasteiger partial charge >= 0.3 is 5.91 Å². The van der Waals surface area contributed by atoms with Crippen LogP contribution in [-0.2, 0) is 6.54 Å². The van der Waals surface area contributed by atoms with Gasteiger partial charge in [-0.25, -0.2) is 5.84 Å². The number of carbonyl (C=O) groups is 1. The second-order valence-electron chi connectivity index (χ2n) is 5.80. The number of hydrogen-bond acceptors (Lipinski definition) is 4. The number of benzene rings is 1. The Morgan fingerprint density at radius 1 is 1.38 bits per heavy atom. The zero-order valence-electron chi connectivity index (χ0n) is 12.8. The van der Waals surface area contributed by atoms with Gasteiger partial charge in [-0.05, 0) is 32.0 Å². The number of nitrogen functional groups attached to an aromatic ring is 1. The summed E-state index contributed by atoms with van der Waals surface area (Å²) in [6, 6.07) is 7.67. The van der Waals surface area contributed by atoms with E-state index in [0.717, 1.165) is 23.9 Å². The van der Waals surface area contributed by atoms with Crippen molar-refractivity contribution < 1.29 is 9.21 Å². The number of nitrogens with two attached hydrogens (primary N) is 1. The maximum absolute atomic E-state index is 11.9. The molecule has 0 aliphatic heterocycles. The number of nitrogens with one attached hydrogen (secondary N) is 1. The van der Waals surface area contributed by atoms with Gasteiger partial charge in [0.25, 0.3) is 0 Å². The molecule has 0 fully saturated rings. The van der Waals surface area contributed by atoms with E-state index < -0.39 is 5.91 Å². The summed E-state index contributed by atoms with van der Waals surface area (Å²) in [5.41, 5.74) is 3.76. The highest BCUT2D eigenvalue weighted by atomic mass is 16.3. The first-order chi connectivity index (χ1) is 10.0. The number of nitrogens with zero attached hydrogens (tertiary/aromatic N) is 1. The summed E-state index contributed by atoms with van der Waals surface area (Å²) in [4.78, 5) is 14.1. The number of furan rings is 1. The first-order valence-electron chi connectivity index (χ1n) is 7.22. The fourth-order valence-electron chi connectivity index (χ4n) is 2.33. The number of amides is 1. The third-order valence-electron chi connectivity index (χ3n) is 3.55. The topological polar surface area (TPSA) is 71.5 Å². The minimum Gasteiger partial charge on any atom is -0.451 e. The summed E-state index contributed by atoms with van der Waals surface area (Å²) < 4.78 is 5.66. The zero-order valence-corrected chi connectivity index (χ0v) is 12.8. The summed E-state index contributed by atoms with van der Waals surface area (Å²) in [6.07, 6.45) is 1.12. The van der Waals surface area contributed by atoms with E-state index in [4.69, 9.17) is 10.3 Å². The molecule has 0 radical (unpaired) electrons. The van der Waals surface area contributed by atoms with Crippen LogP contribution in [0, 0.1) is 5.92 Å². The smallest absolute Gasteiger partial charge is 0.301 e. The third kappa shape index (κ3) is 3.62. The Morgan fingerprint density at radius 2 is 2.10 bits per heavy atom. The summed E-state index contributed by atoms with van der Waals surface area (Å²) >= 11 is 0. The number of fused-ring (bicyclic) bond motifs is 1. The molecule has 0 bridgehead atoms. The maximum atomic E-state index is 11.9. The summed E-state index contributed by atoms with van der Waals surface area (Å²) in [5.74, 6) is 5.81. The molecular formula is C16H23N3O2. The Morgan fingerprint density at radius 3 is 2.76 bits per heavy atom. The van der Waals surface area contributed by atoms with Gasteiger partial charge in [0.05, 0.1) is 0 Å². The number of hydrazine groups is 1. The highest BCUT2D eigenvalue weighted by Gasteiger charge is 2.20. The highest BCUT2D eigenvalue weighted by molar-refractivity contribution is 5.98. The van der Waals surface area contributed by atoms with Gasteiger partial charge < -0.3 is 9.32 Å². The van der Waals surface area contributed by atoms with Gasteiger partial charge in [-0.1, -0.05) is 32.0 Å². The first kappa shape index (κ1) is 15.5. The van der Waals surface area contributed by atoms with Crippen molar-refractivity contribution in [2.24, 2.45) is 11.8 Å². The second-order valence-corrected chi connectivity index (χ2v) is 5.80. The molecule has 0 spiro atoms. The lowest BCUT2D eigenvalue weighted by Crippen LogP contribution is -2.31. The van der Waals surface area contributed by atoms with Crippen molar-refractivity contribution in [1.29, 1.82) is 0 Å². The van der Waals surface area contributed by atoms with Crippen molar-refractivity contribution in [3.63, 3.8) is 0 Å². The molecule has 0 atom stereocenters. The number of rotatable bonds is 6. The van der Waals surface area contributed by atoms with Crippen molar-refractivity contribution in [3.8, 4) is 0 Å². The van der Waals surface area contributed by atoms with Gasteiger partial charge in [0.1, 0.15) is 5.58 Å². The minimum absolute atomic E-state index is 0.301. The summed E-state index contributed by atoms with van der Waals surface area (Å²) in [7, 11) is 2.05. The lowest BCUT2D eigenvalue weighted by molar-refractivity contribution is 0.0925. The van der Waals surface area contributed by atoms with Crippen LogP contribution in [0.2, 0.25) is 0 Å². The van der Waals surface area contributed by atoms with Crippen LogP contribution in [0.1, 0.15) is 36.4 Å². The zero-order chi connectivity index (χ0) is 15.4. The average molecular weight is 289 g/mol. The Bertz CT molecular complexity index is 619. The van der Waals surface area contributed by atoms with Crippen molar-refractivity contribution >= 4 is 16.9 Å². The third-order valence-corrected chi connectivity index (χ3v) is 3.55. The van der Waals surface area contributed by atoms with Gasteiger partial charge in [-0.3, -0.25) is 10.2 Å². The van der Waals surface area contributed by atoms with Crippen LogP contribution in [0.15, 0.2) is 28.7 Å². The fraction of sp³-hybridized carbons (Fsp3) is 0.438. The Hall–Kier alpha value is -1.85. The predicted molar refractivity (Wildman–Crippen MR) is 83.7 cm³/mol. The molecule has 2 rings (SSSR count). The monoisotopic (exact) mass is 289 g/mol. The van der Waals surface area contributed by atoms with Gasteiger partial charge in [0, 0.05) is 17.5 Å². The maximum Gasteiger partial charge on any atom is 0.301 e. The van der Waals surface area contributed by atoms with Crippen molar-refractivity contribution in [2.45, 2.75) is 26.8 Å². The van der Waals surface area contributed by atoms with E-state index in [1.807, 2.05) is 31.3 Å². The molecule has 0 unspecified atom stereocenters. The molecule has 5 nitrogen and oxygen atoms in total. The second kappa shape index (κ2) is 6.74. The molecular weight excluding hydrogens is 266 g/mol. The number of para-hydroxylation sites is 1. The van der Waals surface area contributed by atoms with E-state index in [9.17, 15) is 4.79 Å². The molecule has 114 valence electrons. The van der Waals surface area contributed by atoms with Crippen molar-refractivity contribution in [3.05, 3.63) is 35.6 Å². The molecule has 3 N–H and O–H groups in total.